The number of esters is 1. The van der Waals surface area contributed by atoms with Crippen molar-refractivity contribution >= 4 is 5.97 Å². The van der Waals surface area contributed by atoms with E-state index in [4.69, 9.17) is 0 Å². The molecule has 0 saturated heterocycles. The Morgan fingerprint density at radius 1 is 1.70 bits per heavy atom. The number of carbonyl (C=O) groups excluding carboxylic acids is 1. The lowest BCUT2D eigenvalue weighted by atomic mass is 10.2. The van der Waals surface area contributed by atoms with Crippen LogP contribution in [0, 0.1) is 17.8 Å². The average Bonchev–Trinajstić information content (AvgIpc) is 2.43. The van der Waals surface area contributed by atoms with Gasteiger partial charge in [0.15, 0.2) is 0 Å². The van der Waals surface area contributed by atoms with Crippen LogP contribution >= 0.6 is 0 Å². The van der Waals surface area contributed by atoms with E-state index >= 15 is 0 Å². The molecule has 0 aromatic carbocycles. The lowest BCUT2D eigenvalue weighted by Crippen LogP contribution is -2.05. The van der Waals surface area contributed by atoms with Crippen LogP contribution in [-0.2, 0) is 9.53 Å². The smallest absolute Gasteiger partial charge is 0.309 e. The Labute approximate surface area is 59.9 Å². The van der Waals surface area contributed by atoms with Crippen LogP contribution in [-0.4, -0.2) is 13.1 Å². The summed E-state index contributed by atoms with van der Waals surface area (Å²) >= 11 is 0. The molecule has 0 radical (unpaired) electrons. The van der Waals surface area contributed by atoms with Crippen molar-refractivity contribution in [1.29, 1.82) is 0 Å². The summed E-state index contributed by atoms with van der Waals surface area (Å²) in [6.45, 7) is 0. The summed E-state index contributed by atoms with van der Waals surface area (Å²) in [5.41, 5.74) is 0. The Morgan fingerprint density at radius 2 is 2.50 bits per heavy atom. The quantitative estimate of drug-likeness (QED) is 0.399. The van der Waals surface area contributed by atoms with Gasteiger partial charge in [-0.05, 0) is 18.3 Å². The van der Waals surface area contributed by atoms with E-state index in [0.29, 0.717) is 11.8 Å². The predicted octanol–water partition coefficient (Wildman–Crippen LogP) is 0.981. The molecule has 0 aromatic rings. The van der Waals surface area contributed by atoms with E-state index in [1.165, 1.54) is 7.11 Å². The molecule has 2 heteroatoms. The van der Waals surface area contributed by atoms with Gasteiger partial charge in [-0.1, -0.05) is 12.2 Å². The van der Waals surface area contributed by atoms with Crippen molar-refractivity contribution in [3.05, 3.63) is 12.2 Å². The fourth-order valence-corrected chi connectivity index (χ4v) is 1.83. The van der Waals surface area contributed by atoms with Gasteiger partial charge < -0.3 is 4.74 Å². The molecule has 0 spiro atoms. The van der Waals surface area contributed by atoms with Crippen molar-refractivity contribution < 1.29 is 9.53 Å². The summed E-state index contributed by atoms with van der Waals surface area (Å²) in [5.74, 6) is 1.29. The molecule has 10 heavy (non-hydrogen) atoms. The van der Waals surface area contributed by atoms with Gasteiger partial charge in [-0.25, -0.2) is 0 Å². The molecule has 0 bridgehead atoms. The second kappa shape index (κ2) is 1.84. The zero-order valence-electron chi connectivity index (χ0n) is 5.91. The van der Waals surface area contributed by atoms with Crippen LogP contribution in [0.2, 0.25) is 0 Å². The predicted molar refractivity (Wildman–Crippen MR) is 36.2 cm³/mol. The van der Waals surface area contributed by atoms with Crippen molar-refractivity contribution in [3.63, 3.8) is 0 Å². The third-order valence-electron chi connectivity index (χ3n) is 2.47. The molecular formula is C8H10O2. The van der Waals surface area contributed by atoms with Crippen molar-refractivity contribution in [1.82, 2.24) is 0 Å². The Morgan fingerprint density at radius 3 is 3.00 bits per heavy atom. The van der Waals surface area contributed by atoms with Gasteiger partial charge in [0.05, 0.1) is 13.0 Å². The first-order valence-corrected chi connectivity index (χ1v) is 3.59. The van der Waals surface area contributed by atoms with Crippen LogP contribution in [0.4, 0.5) is 0 Å². The largest absolute Gasteiger partial charge is 0.469 e. The van der Waals surface area contributed by atoms with Crippen molar-refractivity contribution in [2.75, 3.05) is 7.11 Å². The molecular weight excluding hydrogens is 128 g/mol. The fraction of sp³-hybridized carbons (Fsp3) is 0.625. The first-order valence-electron chi connectivity index (χ1n) is 3.59. The van der Waals surface area contributed by atoms with Crippen LogP contribution in [0.1, 0.15) is 6.42 Å². The van der Waals surface area contributed by atoms with E-state index < -0.39 is 0 Å². The Bertz CT molecular complexity index is 195. The van der Waals surface area contributed by atoms with Gasteiger partial charge in [0.25, 0.3) is 0 Å². The second-order valence-corrected chi connectivity index (χ2v) is 2.95. The van der Waals surface area contributed by atoms with E-state index in [-0.39, 0.29) is 11.9 Å². The molecule has 0 amide bonds. The number of ether oxygens (including phenoxy) is 1. The standard InChI is InChI=1S/C8H10O2/c1-10-8(9)7-5-3-2-4-6(5)7/h2-3,5-7H,4H2,1H3/t5-,6+,7-/m0/s1. The minimum Gasteiger partial charge on any atom is -0.469 e. The average molecular weight is 138 g/mol. The Kier molecular flexibility index (Phi) is 1.10. The topological polar surface area (TPSA) is 26.3 Å². The van der Waals surface area contributed by atoms with Crippen LogP contribution in [0.25, 0.3) is 0 Å². The number of rotatable bonds is 1. The molecule has 54 valence electrons. The summed E-state index contributed by atoms with van der Waals surface area (Å²) in [7, 11) is 1.46. The highest BCUT2D eigenvalue weighted by atomic mass is 16.5. The third-order valence-corrected chi connectivity index (χ3v) is 2.47. The van der Waals surface area contributed by atoms with Gasteiger partial charge in [-0.2, -0.15) is 0 Å². The fourth-order valence-electron chi connectivity index (χ4n) is 1.83. The lowest BCUT2D eigenvalue weighted by molar-refractivity contribution is -0.142. The minimum absolute atomic E-state index is 0.0284. The van der Waals surface area contributed by atoms with Crippen molar-refractivity contribution in [2.24, 2.45) is 17.8 Å². The maximum atomic E-state index is 10.9. The summed E-state index contributed by atoms with van der Waals surface area (Å²) < 4.78 is 4.64. The lowest BCUT2D eigenvalue weighted by Gasteiger charge is -1.95. The molecule has 1 fully saturated rings. The Balaban J connectivity index is 2.01. The molecule has 2 aliphatic carbocycles. The molecule has 1 saturated carbocycles. The van der Waals surface area contributed by atoms with E-state index in [2.05, 4.69) is 16.9 Å². The molecule has 2 nitrogen and oxygen atoms in total. The van der Waals surface area contributed by atoms with E-state index in [1.54, 1.807) is 0 Å². The van der Waals surface area contributed by atoms with Gasteiger partial charge in [0.1, 0.15) is 0 Å². The highest BCUT2D eigenvalue weighted by Crippen LogP contribution is 2.54. The van der Waals surface area contributed by atoms with Crippen molar-refractivity contribution in [3.8, 4) is 0 Å². The minimum atomic E-state index is -0.0284. The number of hydrogen-bond donors (Lipinski definition) is 0. The normalized spacial score (nSPS) is 41.1. The molecule has 0 aliphatic heterocycles. The molecule has 2 rings (SSSR count). The summed E-state index contributed by atoms with van der Waals surface area (Å²) in [5, 5.41) is 0. The summed E-state index contributed by atoms with van der Waals surface area (Å²) in [4.78, 5) is 10.9. The number of hydrogen-bond acceptors (Lipinski definition) is 2. The van der Waals surface area contributed by atoms with E-state index in [0.717, 1.165) is 6.42 Å². The van der Waals surface area contributed by atoms with Crippen LogP contribution in [0.3, 0.4) is 0 Å². The van der Waals surface area contributed by atoms with Gasteiger partial charge >= 0.3 is 5.97 Å². The van der Waals surface area contributed by atoms with E-state index in [9.17, 15) is 4.79 Å². The molecule has 0 unspecified atom stereocenters. The monoisotopic (exact) mass is 138 g/mol. The number of fused-ring (bicyclic) bond motifs is 1. The zero-order chi connectivity index (χ0) is 7.14. The van der Waals surface area contributed by atoms with Crippen molar-refractivity contribution in [2.45, 2.75) is 6.42 Å². The molecule has 0 aromatic heterocycles. The maximum Gasteiger partial charge on any atom is 0.309 e. The van der Waals surface area contributed by atoms with Gasteiger partial charge in [0, 0.05) is 0 Å². The molecule has 3 atom stereocenters. The van der Waals surface area contributed by atoms with E-state index in [1.807, 2.05) is 0 Å². The van der Waals surface area contributed by atoms with Crippen LogP contribution in [0.15, 0.2) is 12.2 Å². The molecule has 0 N–H and O–H groups in total. The SMILES string of the molecule is COC(=O)[C@H]1[C@H]2C=CC[C@H]21. The maximum absolute atomic E-state index is 10.9. The first-order chi connectivity index (χ1) is 4.84. The first kappa shape index (κ1) is 5.96. The van der Waals surface area contributed by atoms with Crippen LogP contribution < -0.4 is 0 Å². The zero-order valence-corrected chi connectivity index (χ0v) is 5.91. The third kappa shape index (κ3) is 0.618. The van der Waals surface area contributed by atoms with Gasteiger partial charge in [-0.15, -0.1) is 0 Å². The molecule has 2 aliphatic rings. The van der Waals surface area contributed by atoms with Gasteiger partial charge in [0.2, 0.25) is 0 Å². The second-order valence-electron chi connectivity index (χ2n) is 2.95. The summed E-state index contributed by atoms with van der Waals surface area (Å²) in [6.07, 6.45) is 5.35. The van der Waals surface area contributed by atoms with Crippen LogP contribution in [0.5, 0.6) is 0 Å². The highest BCUT2D eigenvalue weighted by molar-refractivity contribution is 5.77. The number of carbonyl (C=O) groups is 1. The Hall–Kier alpha value is -0.790. The van der Waals surface area contributed by atoms with Gasteiger partial charge in [-0.3, -0.25) is 4.79 Å². The highest BCUT2D eigenvalue weighted by Gasteiger charge is 2.55. The number of methoxy groups -OCH3 is 1. The molecule has 0 heterocycles. The summed E-state index contributed by atoms with van der Waals surface area (Å²) in [6, 6.07) is 0. The number of allylic oxidation sites excluding steroid dienone is 2.